The van der Waals surface area contributed by atoms with Crippen LogP contribution in [-0.4, -0.2) is 23.2 Å². The van der Waals surface area contributed by atoms with Crippen molar-refractivity contribution in [3.63, 3.8) is 0 Å². The zero-order valence-electron chi connectivity index (χ0n) is 14.0. The van der Waals surface area contributed by atoms with Gasteiger partial charge in [0.15, 0.2) is 0 Å². The molecular weight excluding hydrogens is 274 g/mol. The van der Waals surface area contributed by atoms with Crippen LogP contribution >= 0.6 is 0 Å². The first kappa shape index (κ1) is 18.4. The van der Waals surface area contributed by atoms with E-state index in [9.17, 15) is 9.90 Å². The Morgan fingerprint density at radius 1 is 1.23 bits per heavy atom. The Morgan fingerprint density at radius 2 is 1.91 bits per heavy atom. The van der Waals surface area contributed by atoms with Crippen molar-refractivity contribution in [2.75, 3.05) is 0 Å². The lowest BCUT2D eigenvalue weighted by atomic mass is 10.0. The molecule has 1 aromatic rings. The molecule has 0 aliphatic heterocycles. The summed E-state index contributed by atoms with van der Waals surface area (Å²) in [5, 5.41) is 12.9. The highest BCUT2D eigenvalue weighted by Gasteiger charge is 2.14. The van der Waals surface area contributed by atoms with E-state index in [4.69, 9.17) is 0 Å². The molecular formula is C19H29NO2. The van der Waals surface area contributed by atoms with Crippen molar-refractivity contribution in [3.8, 4) is 0 Å². The summed E-state index contributed by atoms with van der Waals surface area (Å²) < 4.78 is 0. The molecule has 0 spiro atoms. The summed E-state index contributed by atoms with van der Waals surface area (Å²) in [6, 6.07) is 8.20. The van der Waals surface area contributed by atoms with Crippen LogP contribution in [0.2, 0.25) is 0 Å². The molecule has 0 saturated carbocycles. The average molecular weight is 303 g/mol. The van der Waals surface area contributed by atoms with E-state index in [1.165, 1.54) is 31.7 Å². The van der Waals surface area contributed by atoms with Crippen LogP contribution in [0.3, 0.4) is 0 Å². The lowest BCUT2D eigenvalue weighted by Crippen LogP contribution is -2.40. The summed E-state index contributed by atoms with van der Waals surface area (Å²) in [6.45, 7) is 5.63. The van der Waals surface area contributed by atoms with Crippen LogP contribution in [0.4, 0.5) is 0 Å². The molecule has 22 heavy (non-hydrogen) atoms. The molecule has 0 unspecified atom stereocenters. The van der Waals surface area contributed by atoms with Crippen LogP contribution in [-0.2, 0) is 11.2 Å². The second-order valence-corrected chi connectivity index (χ2v) is 5.76. The molecule has 0 saturated heterocycles. The van der Waals surface area contributed by atoms with Crippen molar-refractivity contribution >= 4 is 12.0 Å². The largest absolute Gasteiger partial charge is 0.387 e. The van der Waals surface area contributed by atoms with E-state index in [0.717, 1.165) is 12.0 Å². The molecule has 1 aromatic carbocycles. The van der Waals surface area contributed by atoms with Crippen molar-refractivity contribution in [1.82, 2.24) is 5.32 Å². The molecule has 1 rings (SSSR count). The molecule has 0 heterocycles. The smallest absolute Gasteiger partial charge is 0.217 e. The maximum absolute atomic E-state index is 11.1. The van der Waals surface area contributed by atoms with Crippen LogP contribution in [0.1, 0.15) is 57.6 Å². The van der Waals surface area contributed by atoms with Gasteiger partial charge in [-0.05, 0) is 30.4 Å². The van der Waals surface area contributed by atoms with Crippen molar-refractivity contribution < 1.29 is 9.90 Å². The number of hydrogen-bond donors (Lipinski definition) is 2. The molecule has 2 atom stereocenters. The highest BCUT2D eigenvalue weighted by molar-refractivity contribution is 5.73. The Hall–Kier alpha value is -1.61. The summed E-state index contributed by atoms with van der Waals surface area (Å²) in [6.07, 6.45) is 8.56. The molecule has 3 nitrogen and oxygen atoms in total. The van der Waals surface area contributed by atoms with Gasteiger partial charge in [0.05, 0.1) is 12.1 Å². The zero-order chi connectivity index (χ0) is 16.4. The Balaban J connectivity index is 2.55. The minimum atomic E-state index is -0.668. The summed E-state index contributed by atoms with van der Waals surface area (Å²) in [7, 11) is 0. The van der Waals surface area contributed by atoms with E-state index in [-0.39, 0.29) is 11.9 Å². The number of carbonyl (C=O) groups is 1. The number of rotatable bonds is 9. The highest BCUT2D eigenvalue weighted by Crippen LogP contribution is 2.11. The number of carbonyl (C=O) groups excluding carboxylic acids is 1. The molecule has 122 valence electrons. The molecule has 0 bridgehead atoms. The first-order chi connectivity index (χ1) is 10.6. The molecule has 0 aliphatic carbocycles. The van der Waals surface area contributed by atoms with Gasteiger partial charge in [0.1, 0.15) is 0 Å². The Labute approximate surface area is 134 Å². The second kappa shape index (κ2) is 10.2. The second-order valence-electron chi connectivity index (χ2n) is 5.76. The Kier molecular flexibility index (Phi) is 8.53. The van der Waals surface area contributed by atoms with Gasteiger partial charge < -0.3 is 10.4 Å². The first-order valence-electron chi connectivity index (χ1n) is 8.29. The van der Waals surface area contributed by atoms with Crippen LogP contribution in [0.25, 0.3) is 6.08 Å². The fourth-order valence-corrected chi connectivity index (χ4v) is 2.41. The maximum atomic E-state index is 11.1. The van der Waals surface area contributed by atoms with E-state index in [2.05, 4.69) is 36.5 Å². The van der Waals surface area contributed by atoms with Crippen LogP contribution < -0.4 is 5.32 Å². The fourth-order valence-electron chi connectivity index (χ4n) is 2.41. The van der Waals surface area contributed by atoms with Gasteiger partial charge in [-0.25, -0.2) is 0 Å². The fraction of sp³-hybridized carbons (Fsp3) is 0.526. The van der Waals surface area contributed by atoms with Gasteiger partial charge in [0, 0.05) is 6.92 Å². The number of aliphatic hydroxyl groups is 1. The van der Waals surface area contributed by atoms with Gasteiger partial charge in [-0.3, -0.25) is 4.79 Å². The van der Waals surface area contributed by atoms with Gasteiger partial charge in [-0.2, -0.15) is 0 Å². The summed E-state index contributed by atoms with van der Waals surface area (Å²) in [5.41, 5.74) is 2.42. The summed E-state index contributed by atoms with van der Waals surface area (Å²) >= 11 is 0. The normalized spacial score (nSPS) is 14.0. The number of benzene rings is 1. The number of unbranched alkanes of at least 4 members (excludes halogenated alkanes) is 2. The van der Waals surface area contributed by atoms with Crippen molar-refractivity contribution in [3.05, 3.63) is 41.5 Å². The molecule has 2 N–H and O–H groups in total. The van der Waals surface area contributed by atoms with Gasteiger partial charge in [0.25, 0.3) is 0 Å². The zero-order valence-corrected chi connectivity index (χ0v) is 14.0. The Bertz CT molecular complexity index is 465. The third-order valence-corrected chi connectivity index (χ3v) is 3.78. The summed E-state index contributed by atoms with van der Waals surface area (Å²) in [4.78, 5) is 11.1. The van der Waals surface area contributed by atoms with Crippen molar-refractivity contribution in [2.45, 2.75) is 65.0 Å². The van der Waals surface area contributed by atoms with Crippen LogP contribution in [0, 0.1) is 0 Å². The van der Waals surface area contributed by atoms with Crippen LogP contribution in [0.15, 0.2) is 30.3 Å². The van der Waals surface area contributed by atoms with Crippen LogP contribution in [0.5, 0.6) is 0 Å². The number of hydrogen-bond acceptors (Lipinski definition) is 2. The number of aryl methyl sites for hydroxylation is 1. The van der Waals surface area contributed by atoms with Gasteiger partial charge in [0.2, 0.25) is 5.91 Å². The van der Waals surface area contributed by atoms with E-state index >= 15 is 0 Å². The van der Waals surface area contributed by atoms with Gasteiger partial charge >= 0.3 is 0 Å². The molecule has 3 heteroatoms. The number of nitrogens with one attached hydrogen (secondary N) is 1. The number of amides is 1. The van der Waals surface area contributed by atoms with Crippen molar-refractivity contribution in [1.29, 1.82) is 0 Å². The predicted octanol–water partition coefficient (Wildman–Crippen LogP) is 3.71. The summed E-state index contributed by atoms with van der Waals surface area (Å²) in [5.74, 6) is -0.115. The molecule has 0 fully saturated rings. The maximum Gasteiger partial charge on any atom is 0.217 e. The first-order valence-corrected chi connectivity index (χ1v) is 8.29. The molecule has 0 aromatic heterocycles. The monoisotopic (exact) mass is 303 g/mol. The third-order valence-electron chi connectivity index (χ3n) is 3.78. The standard InChI is InChI=1S/C19H29NO2/c1-4-6-7-8-16-9-11-17(12-10-16)13-14-19(22)18(5-2)20-15(3)21/h9-14,18-19,22H,4-8H2,1-3H3,(H,20,21)/b14-13+/t18-,19+/m1/s1. The predicted molar refractivity (Wildman–Crippen MR) is 92.6 cm³/mol. The van der Waals surface area contributed by atoms with Gasteiger partial charge in [-0.15, -0.1) is 0 Å². The lowest BCUT2D eigenvalue weighted by molar-refractivity contribution is -0.120. The minimum Gasteiger partial charge on any atom is -0.387 e. The minimum absolute atomic E-state index is 0.115. The van der Waals surface area contributed by atoms with Crippen molar-refractivity contribution in [2.24, 2.45) is 0 Å². The van der Waals surface area contributed by atoms with E-state index in [1.807, 2.05) is 13.0 Å². The quantitative estimate of drug-likeness (QED) is 0.683. The Morgan fingerprint density at radius 3 is 2.45 bits per heavy atom. The lowest BCUT2D eigenvalue weighted by Gasteiger charge is -2.19. The van der Waals surface area contributed by atoms with E-state index < -0.39 is 6.10 Å². The number of aliphatic hydroxyl groups excluding tert-OH is 1. The SMILES string of the molecule is CCCCCc1ccc(/C=C/[C@H](O)[C@@H](CC)NC(C)=O)cc1. The van der Waals surface area contributed by atoms with E-state index in [0.29, 0.717) is 6.42 Å². The highest BCUT2D eigenvalue weighted by atomic mass is 16.3. The topological polar surface area (TPSA) is 49.3 Å². The van der Waals surface area contributed by atoms with E-state index in [1.54, 1.807) is 6.08 Å². The molecule has 0 aliphatic rings. The van der Waals surface area contributed by atoms with Gasteiger partial charge in [-0.1, -0.05) is 63.1 Å². The molecule has 1 amide bonds. The third kappa shape index (κ3) is 6.90. The molecule has 0 radical (unpaired) electrons. The average Bonchev–Trinajstić information content (AvgIpc) is 2.51.